The van der Waals surface area contributed by atoms with Crippen molar-refractivity contribution in [3.05, 3.63) is 53.1 Å². The van der Waals surface area contributed by atoms with Crippen LogP contribution >= 0.6 is 11.6 Å². The lowest BCUT2D eigenvalue weighted by atomic mass is 10.0. The lowest BCUT2D eigenvalue weighted by Crippen LogP contribution is -1.98. The van der Waals surface area contributed by atoms with Gasteiger partial charge in [0.1, 0.15) is 5.75 Å². The lowest BCUT2D eigenvalue weighted by Gasteiger charge is -2.10. The Morgan fingerprint density at radius 2 is 1.40 bits per heavy atom. The van der Waals surface area contributed by atoms with Crippen LogP contribution in [0.5, 0.6) is 5.75 Å². The predicted octanol–water partition coefficient (Wildman–Crippen LogP) is 7.70. The van der Waals surface area contributed by atoms with Gasteiger partial charge in [-0.3, -0.25) is 0 Å². The summed E-state index contributed by atoms with van der Waals surface area (Å²) < 4.78 is 5.86. The summed E-state index contributed by atoms with van der Waals surface area (Å²) >= 11 is 6.41. The van der Waals surface area contributed by atoms with E-state index in [2.05, 4.69) is 44.2 Å². The number of aryl methyl sites for hydroxylation is 1. The maximum Gasteiger partial charge on any atom is 0.137 e. The second-order valence-electron chi connectivity index (χ2n) is 6.67. The molecule has 0 spiro atoms. The van der Waals surface area contributed by atoms with Gasteiger partial charge in [0.2, 0.25) is 0 Å². The maximum atomic E-state index is 6.41. The molecule has 0 aliphatic heterocycles. The predicted molar refractivity (Wildman–Crippen MR) is 110 cm³/mol. The minimum atomic E-state index is 0.694. The van der Waals surface area contributed by atoms with E-state index in [1.54, 1.807) is 0 Å². The number of hydrogen-bond donors (Lipinski definition) is 0. The summed E-state index contributed by atoms with van der Waals surface area (Å²) in [6, 6.07) is 14.7. The zero-order valence-corrected chi connectivity index (χ0v) is 16.4. The molecule has 0 aliphatic rings. The van der Waals surface area contributed by atoms with Gasteiger partial charge in [-0.2, -0.15) is 0 Å². The Labute approximate surface area is 158 Å². The molecule has 0 atom stereocenters. The van der Waals surface area contributed by atoms with E-state index in [1.807, 2.05) is 12.1 Å². The molecule has 0 saturated heterocycles. The van der Waals surface area contributed by atoms with Crippen molar-refractivity contribution in [3.63, 3.8) is 0 Å². The monoisotopic (exact) mass is 358 g/mol. The molecular formula is C23H31ClO. The van der Waals surface area contributed by atoms with Gasteiger partial charge < -0.3 is 4.74 Å². The Morgan fingerprint density at radius 3 is 2.04 bits per heavy atom. The average molecular weight is 359 g/mol. The van der Waals surface area contributed by atoms with Crippen LogP contribution in [0.25, 0.3) is 11.1 Å². The Hall–Kier alpha value is -1.47. The maximum absolute atomic E-state index is 6.41. The lowest BCUT2D eigenvalue weighted by molar-refractivity contribution is 0.304. The van der Waals surface area contributed by atoms with Crippen LogP contribution in [0.4, 0.5) is 0 Å². The summed E-state index contributed by atoms with van der Waals surface area (Å²) in [7, 11) is 0. The van der Waals surface area contributed by atoms with Gasteiger partial charge in [0, 0.05) is 0 Å². The Bertz CT molecular complexity index is 618. The number of hydrogen-bond acceptors (Lipinski definition) is 1. The summed E-state index contributed by atoms with van der Waals surface area (Å²) in [6.07, 6.45) is 10.1. The molecule has 0 fully saturated rings. The first-order chi connectivity index (χ1) is 12.2. The minimum absolute atomic E-state index is 0.694. The largest absolute Gasteiger partial charge is 0.492 e. The third-order valence-corrected chi connectivity index (χ3v) is 4.93. The molecule has 0 heterocycles. The quantitative estimate of drug-likeness (QED) is 0.374. The van der Waals surface area contributed by atoms with E-state index in [0.29, 0.717) is 5.02 Å². The molecule has 2 aromatic carbocycles. The Kier molecular flexibility index (Phi) is 8.90. The van der Waals surface area contributed by atoms with E-state index in [1.165, 1.54) is 49.7 Å². The Morgan fingerprint density at radius 1 is 0.760 bits per heavy atom. The molecule has 0 unspecified atom stereocenters. The first-order valence-corrected chi connectivity index (χ1v) is 10.1. The molecule has 2 heteroatoms. The van der Waals surface area contributed by atoms with Crippen LogP contribution in [-0.4, -0.2) is 6.61 Å². The van der Waals surface area contributed by atoms with Crippen molar-refractivity contribution in [2.75, 3.05) is 6.61 Å². The summed E-state index contributed by atoms with van der Waals surface area (Å²) in [4.78, 5) is 0. The van der Waals surface area contributed by atoms with Gasteiger partial charge >= 0.3 is 0 Å². The molecule has 1 nitrogen and oxygen atoms in total. The van der Waals surface area contributed by atoms with Gasteiger partial charge in [0.25, 0.3) is 0 Å². The number of rotatable bonds is 11. The van der Waals surface area contributed by atoms with E-state index in [0.717, 1.165) is 30.8 Å². The average Bonchev–Trinajstić information content (AvgIpc) is 2.65. The fourth-order valence-electron chi connectivity index (χ4n) is 2.97. The molecule has 0 aliphatic carbocycles. The van der Waals surface area contributed by atoms with Gasteiger partial charge in [-0.05, 0) is 41.7 Å². The van der Waals surface area contributed by atoms with Crippen LogP contribution < -0.4 is 4.74 Å². The first-order valence-electron chi connectivity index (χ1n) is 9.76. The van der Waals surface area contributed by atoms with Crippen LogP contribution in [0.2, 0.25) is 5.02 Å². The second-order valence-corrected chi connectivity index (χ2v) is 7.07. The Balaban J connectivity index is 1.79. The van der Waals surface area contributed by atoms with Crippen molar-refractivity contribution in [1.29, 1.82) is 0 Å². The molecule has 0 bridgehead atoms. The second kappa shape index (κ2) is 11.2. The summed E-state index contributed by atoms with van der Waals surface area (Å²) in [5, 5.41) is 0.694. The van der Waals surface area contributed by atoms with E-state index in [4.69, 9.17) is 16.3 Å². The number of halogens is 1. The number of unbranched alkanes of at least 4 members (excludes halogenated alkanes) is 6. The molecule has 136 valence electrons. The molecule has 2 rings (SSSR count). The van der Waals surface area contributed by atoms with Crippen LogP contribution in [0.1, 0.15) is 64.4 Å². The van der Waals surface area contributed by atoms with Crippen molar-refractivity contribution < 1.29 is 4.74 Å². The van der Waals surface area contributed by atoms with Gasteiger partial charge in [0.05, 0.1) is 11.6 Å². The summed E-state index contributed by atoms with van der Waals surface area (Å²) in [5.41, 5.74) is 3.68. The zero-order chi connectivity index (χ0) is 17.9. The van der Waals surface area contributed by atoms with Crippen LogP contribution in [0, 0.1) is 0 Å². The SMILES string of the molecule is CCCCCCCCCOc1ccc(-c2ccc(CC)cc2)cc1Cl. The minimum Gasteiger partial charge on any atom is -0.492 e. The topological polar surface area (TPSA) is 9.23 Å². The van der Waals surface area contributed by atoms with Crippen LogP contribution in [0.3, 0.4) is 0 Å². The van der Waals surface area contributed by atoms with E-state index in [-0.39, 0.29) is 0 Å². The summed E-state index contributed by atoms with van der Waals surface area (Å²) in [6.45, 7) is 5.17. The first kappa shape index (κ1) is 19.8. The van der Waals surface area contributed by atoms with Gasteiger partial charge in [-0.15, -0.1) is 0 Å². The summed E-state index contributed by atoms with van der Waals surface area (Å²) in [5.74, 6) is 0.793. The highest BCUT2D eigenvalue weighted by molar-refractivity contribution is 6.32. The highest BCUT2D eigenvalue weighted by Crippen LogP contribution is 2.30. The zero-order valence-electron chi connectivity index (χ0n) is 15.7. The normalized spacial score (nSPS) is 10.8. The molecule has 0 N–H and O–H groups in total. The molecule has 2 aromatic rings. The van der Waals surface area contributed by atoms with Crippen molar-refractivity contribution in [1.82, 2.24) is 0 Å². The molecule has 0 amide bonds. The van der Waals surface area contributed by atoms with Crippen molar-refractivity contribution in [2.45, 2.75) is 65.2 Å². The van der Waals surface area contributed by atoms with Crippen molar-refractivity contribution >= 4 is 11.6 Å². The van der Waals surface area contributed by atoms with E-state index < -0.39 is 0 Å². The molecule has 0 radical (unpaired) electrons. The standard InChI is InChI=1S/C23H31ClO/c1-3-5-6-7-8-9-10-17-25-23-16-15-21(18-22(23)24)20-13-11-19(4-2)12-14-20/h11-16,18H,3-10,17H2,1-2H3. The molecular weight excluding hydrogens is 328 g/mol. The van der Waals surface area contributed by atoms with E-state index >= 15 is 0 Å². The van der Waals surface area contributed by atoms with Crippen LogP contribution in [0.15, 0.2) is 42.5 Å². The third kappa shape index (κ3) is 6.74. The molecule has 0 saturated carbocycles. The fourth-order valence-corrected chi connectivity index (χ4v) is 3.21. The van der Waals surface area contributed by atoms with Crippen molar-refractivity contribution in [2.24, 2.45) is 0 Å². The number of ether oxygens (including phenoxy) is 1. The molecule has 0 aromatic heterocycles. The highest BCUT2D eigenvalue weighted by Gasteiger charge is 2.05. The van der Waals surface area contributed by atoms with Gasteiger partial charge in [-0.25, -0.2) is 0 Å². The smallest absolute Gasteiger partial charge is 0.137 e. The van der Waals surface area contributed by atoms with Gasteiger partial charge in [0.15, 0.2) is 0 Å². The third-order valence-electron chi connectivity index (χ3n) is 4.63. The fraction of sp³-hybridized carbons (Fsp3) is 0.478. The van der Waals surface area contributed by atoms with E-state index in [9.17, 15) is 0 Å². The van der Waals surface area contributed by atoms with Crippen LogP contribution in [-0.2, 0) is 6.42 Å². The highest BCUT2D eigenvalue weighted by atomic mass is 35.5. The van der Waals surface area contributed by atoms with Crippen molar-refractivity contribution in [3.8, 4) is 16.9 Å². The molecule has 25 heavy (non-hydrogen) atoms. The van der Waals surface area contributed by atoms with Gasteiger partial charge in [-0.1, -0.05) is 94.3 Å². The number of benzene rings is 2.